The number of benzene rings is 1. The van der Waals surface area contributed by atoms with Gasteiger partial charge < -0.3 is 26.4 Å². The van der Waals surface area contributed by atoms with Gasteiger partial charge in [0.2, 0.25) is 11.8 Å². The molecular formula is C25H29N5O5. The number of aromatic nitrogens is 1. The molecule has 1 aromatic carbocycles. The van der Waals surface area contributed by atoms with Crippen LogP contribution in [0.1, 0.15) is 53.7 Å². The minimum Gasteiger partial charge on any atom is -0.465 e. The summed E-state index contributed by atoms with van der Waals surface area (Å²) >= 11 is 0. The van der Waals surface area contributed by atoms with Crippen molar-refractivity contribution in [2.75, 3.05) is 7.05 Å². The van der Waals surface area contributed by atoms with Crippen molar-refractivity contribution in [3.63, 3.8) is 0 Å². The molecule has 10 nitrogen and oxygen atoms in total. The molecule has 10 heteroatoms. The fraction of sp³-hybridized carbons (Fsp3) is 0.400. The van der Waals surface area contributed by atoms with Crippen molar-refractivity contribution < 1.29 is 24.3 Å². The van der Waals surface area contributed by atoms with Gasteiger partial charge in [0.25, 0.3) is 5.91 Å². The Morgan fingerprint density at radius 2 is 1.83 bits per heavy atom. The van der Waals surface area contributed by atoms with E-state index in [-0.39, 0.29) is 12.3 Å². The summed E-state index contributed by atoms with van der Waals surface area (Å²) in [5, 5.41) is 14.3. The van der Waals surface area contributed by atoms with Gasteiger partial charge in [0.05, 0.1) is 0 Å². The van der Waals surface area contributed by atoms with E-state index in [2.05, 4.69) is 15.6 Å². The molecule has 5 N–H and O–H groups in total. The highest BCUT2D eigenvalue weighted by molar-refractivity contribution is 5.96. The number of primary amides is 1. The number of nitrogens with two attached hydrogens (primary N) is 1. The van der Waals surface area contributed by atoms with Crippen molar-refractivity contribution in [3.8, 4) is 11.1 Å². The molecule has 0 spiro atoms. The molecule has 1 aromatic heterocycles. The molecule has 184 valence electrons. The minimum absolute atomic E-state index is 0.0880. The zero-order chi connectivity index (χ0) is 25.2. The van der Waals surface area contributed by atoms with Crippen LogP contribution in [0.3, 0.4) is 0 Å². The molecular weight excluding hydrogens is 450 g/mol. The lowest BCUT2D eigenvalue weighted by Crippen LogP contribution is -2.62. The average molecular weight is 480 g/mol. The highest BCUT2D eigenvalue weighted by Crippen LogP contribution is 2.29. The first-order valence-corrected chi connectivity index (χ1v) is 11.6. The number of rotatable bonds is 7. The maximum Gasteiger partial charge on any atom is 0.405 e. The minimum atomic E-state index is -1.27. The molecule has 2 aromatic rings. The number of amides is 4. The summed E-state index contributed by atoms with van der Waals surface area (Å²) in [5.74, 6) is -1.31. The first kappa shape index (κ1) is 24.2. The Labute approximate surface area is 202 Å². The van der Waals surface area contributed by atoms with Crippen LogP contribution >= 0.6 is 0 Å². The second-order valence-electron chi connectivity index (χ2n) is 9.30. The van der Waals surface area contributed by atoms with Crippen molar-refractivity contribution in [1.29, 1.82) is 0 Å². The lowest BCUT2D eigenvalue weighted by molar-refractivity contribution is -0.132. The zero-order valence-corrected chi connectivity index (χ0v) is 19.5. The van der Waals surface area contributed by atoms with Crippen LogP contribution in [0.4, 0.5) is 4.79 Å². The van der Waals surface area contributed by atoms with Gasteiger partial charge in [-0.05, 0) is 30.0 Å². The number of nitrogens with one attached hydrogen (secondary N) is 2. The third-order valence-electron chi connectivity index (χ3n) is 6.79. The molecule has 1 saturated carbocycles. The van der Waals surface area contributed by atoms with Crippen LogP contribution in [0.2, 0.25) is 0 Å². The van der Waals surface area contributed by atoms with Crippen molar-refractivity contribution in [3.05, 3.63) is 53.3 Å². The summed E-state index contributed by atoms with van der Waals surface area (Å²) in [4.78, 5) is 54.5. The van der Waals surface area contributed by atoms with E-state index >= 15 is 0 Å². The van der Waals surface area contributed by atoms with Gasteiger partial charge in [-0.2, -0.15) is 0 Å². The molecule has 1 fully saturated rings. The number of hydrogen-bond donors (Lipinski definition) is 4. The highest BCUT2D eigenvalue weighted by Gasteiger charge is 2.42. The van der Waals surface area contributed by atoms with Crippen LogP contribution in [0.5, 0.6) is 0 Å². The summed E-state index contributed by atoms with van der Waals surface area (Å²) in [6.07, 6.45) is 3.68. The molecule has 0 radical (unpaired) electrons. The Kier molecular flexibility index (Phi) is 6.72. The third kappa shape index (κ3) is 5.11. The van der Waals surface area contributed by atoms with Crippen molar-refractivity contribution >= 4 is 23.8 Å². The molecule has 1 aliphatic heterocycles. The van der Waals surface area contributed by atoms with Gasteiger partial charge in [-0.1, -0.05) is 43.5 Å². The second-order valence-corrected chi connectivity index (χ2v) is 9.30. The molecule has 2 aliphatic rings. The number of carboxylic acid groups (broad SMARTS) is 1. The third-order valence-corrected chi connectivity index (χ3v) is 6.79. The van der Waals surface area contributed by atoms with E-state index in [1.165, 1.54) is 0 Å². The maximum absolute atomic E-state index is 13.1. The van der Waals surface area contributed by atoms with E-state index in [1.54, 1.807) is 18.1 Å². The van der Waals surface area contributed by atoms with Crippen LogP contribution in [0, 0.1) is 0 Å². The summed E-state index contributed by atoms with van der Waals surface area (Å²) < 4.78 is 0. The van der Waals surface area contributed by atoms with Crippen LogP contribution in [0.15, 0.2) is 36.5 Å². The Bertz CT molecular complexity index is 1160. The highest BCUT2D eigenvalue weighted by atomic mass is 16.4. The monoisotopic (exact) mass is 479 g/mol. The Morgan fingerprint density at radius 1 is 1.14 bits per heavy atom. The maximum atomic E-state index is 13.1. The fourth-order valence-electron chi connectivity index (χ4n) is 4.85. The van der Waals surface area contributed by atoms with Crippen LogP contribution < -0.4 is 16.4 Å². The summed E-state index contributed by atoms with van der Waals surface area (Å²) in [5.41, 5.74) is 8.23. The number of carbonyl (C=O) groups excluding carboxylic acids is 3. The molecule has 1 unspecified atom stereocenters. The quantitative estimate of drug-likeness (QED) is 0.475. The van der Waals surface area contributed by atoms with Gasteiger partial charge in [-0.3, -0.25) is 19.4 Å². The molecule has 0 bridgehead atoms. The standard InChI is InChI=1S/C25H29N5O5/c1-30-14-18-12-17(13-27-20(18)22(30)32)16-7-5-15(6-8-16)11-19(21(26)31)28-23(33)25(29-24(34)35)9-3-2-4-10-25/h5-8,12-13,19,29H,2-4,9-11,14H2,1H3,(H2,26,31)(H,28,33)(H,34,35). The largest absolute Gasteiger partial charge is 0.465 e. The van der Waals surface area contributed by atoms with E-state index in [9.17, 15) is 24.3 Å². The Hall–Kier alpha value is -3.95. The van der Waals surface area contributed by atoms with E-state index < -0.39 is 29.5 Å². The molecule has 35 heavy (non-hydrogen) atoms. The second kappa shape index (κ2) is 9.73. The molecule has 0 saturated heterocycles. The molecule has 4 amide bonds. The lowest BCUT2D eigenvalue weighted by Gasteiger charge is -2.36. The van der Waals surface area contributed by atoms with Crippen LogP contribution in [-0.2, 0) is 22.6 Å². The normalized spacial score (nSPS) is 17.4. The van der Waals surface area contributed by atoms with E-state index in [1.807, 2.05) is 30.3 Å². The van der Waals surface area contributed by atoms with E-state index in [0.29, 0.717) is 25.1 Å². The first-order chi connectivity index (χ1) is 16.7. The van der Waals surface area contributed by atoms with Gasteiger partial charge in [-0.25, -0.2) is 4.79 Å². The number of carbonyl (C=O) groups is 4. The molecule has 1 aliphatic carbocycles. The molecule has 1 atom stereocenters. The van der Waals surface area contributed by atoms with Gasteiger partial charge in [0.1, 0.15) is 17.3 Å². The summed E-state index contributed by atoms with van der Waals surface area (Å²) in [6, 6.07) is 8.42. The lowest BCUT2D eigenvalue weighted by atomic mass is 9.80. The van der Waals surface area contributed by atoms with Crippen LogP contribution in [0.25, 0.3) is 11.1 Å². The predicted molar refractivity (Wildman–Crippen MR) is 127 cm³/mol. The van der Waals surface area contributed by atoms with E-state index in [4.69, 9.17) is 5.73 Å². The number of pyridine rings is 1. The fourth-order valence-corrected chi connectivity index (χ4v) is 4.85. The molecule has 2 heterocycles. The van der Waals surface area contributed by atoms with Gasteiger partial charge >= 0.3 is 6.09 Å². The van der Waals surface area contributed by atoms with Crippen molar-refractivity contribution in [2.24, 2.45) is 5.73 Å². The number of hydrogen-bond acceptors (Lipinski definition) is 5. The average Bonchev–Trinajstić information content (AvgIpc) is 3.11. The molecule has 4 rings (SSSR count). The van der Waals surface area contributed by atoms with Gasteiger partial charge in [0.15, 0.2) is 0 Å². The van der Waals surface area contributed by atoms with Gasteiger partial charge in [0, 0.05) is 37.3 Å². The first-order valence-electron chi connectivity index (χ1n) is 11.6. The number of fused-ring (bicyclic) bond motifs is 1. The van der Waals surface area contributed by atoms with Crippen LogP contribution in [-0.4, -0.2) is 57.4 Å². The Morgan fingerprint density at radius 3 is 2.46 bits per heavy atom. The smallest absolute Gasteiger partial charge is 0.405 e. The topological polar surface area (TPSA) is 155 Å². The Balaban J connectivity index is 1.47. The number of nitrogens with zero attached hydrogens (tertiary/aromatic N) is 2. The van der Waals surface area contributed by atoms with Gasteiger partial charge in [-0.15, -0.1) is 0 Å². The summed E-state index contributed by atoms with van der Waals surface area (Å²) in [7, 11) is 1.74. The van der Waals surface area contributed by atoms with Crippen molar-refractivity contribution in [1.82, 2.24) is 20.5 Å². The van der Waals surface area contributed by atoms with Crippen molar-refractivity contribution in [2.45, 2.75) is 56.7 Å². The van der Waals surface area contributed by atoms with E-state index in [0.717, 1.165) is 41.5 Å². The SMILES string of the molecule is CN1Cc2cc(-c3ccc(CC(NC(=O)C4(NC(=O)O)CCCCC4)C(N)=O)cc3)cnc2C1=O. The zero-order valence-electron chi connectivity index (χ0n) is 19.5. The summed E-state index contributed by atoms with van der Waals surface area (Å²) in [6.45, 7) is 0.519. The predicted octanol–water partition coefficient (Wildman–Crippen LogP) is 1.82.